The van der Waals surface area contributed by atoms with Crippen LogP contribution in [0.15, 0.2) is 42.5 Å². The Labute approximate surface area is 148 Å². The van der Waals surface area contributed by atoms with E-state index in [0.717, 1.165) is 0 Å². The van der Waals surface area contributed by atoms with Crippen LogP contribution in [-0.4, -0.2) is 39.7 Å². The van der Waals surface area contributed by atoms with Crippen molar-refractivity contribution in [1.29, 1.82) is 0 Å². The number of nitrogens with one attached hydrogen (secondary N) is 3. The van der Waals surface area contributed by atoms with E-state index in [1.807, 2.05) is 0 Å². The molecular formula is C17H17N3O6. The van der Waals surface area contributed by atoms with Gasteiger partial charge < -0.3 is 31.5 Å². The second kappa shape index (κ2) is 8.38. The van der Waals surface area contributed by atoms with Gasteiger partial charge in [-0.15, -0.1) is 0 Å². The molecule has 0 aliphatic rings. The SMILES string of the molecule is O=C(O)CCNC(=O)c1ccc(NNc2ccc(O)c(C(=O)O)c2)cc1. The molecule has 0 fully saturated rings. The lowest BCUT2D eigenvalue weighted by Gasteiger charge is -2.11. The molecule has 0 atom stereocenters. The number of hydrazine groups is 1. The van der Waals surface area contributed by atoms with Gasteiger partial charge in [0.1, 0.15) is 11.3 Å². The Bertz CT molecular complexity index is 820. The summed E-state index contributed by atoms with van der Waals surface area (Å²) in [6, 6.07) is 10.4. The number of amides is 1. The number of carbonyl (C=O) groups is 3. The van der Waals surface area contributed by atoms with Crippen LogP contribution in [0.25, 0.3) is 0 Å². The number of aromatic hydroxyl groups is 1. The fourth-order valence-corrected chi connectivity index (χ4v) is 2.02. The Balaban J connectivity index is 1.93. The Morgan fingerprint density at radius 1 is 0.885 bits per heavy atom. The zero-order valence-corrected chi connectivity index (χ0v) is 13.5. The number of anilines is 2. The highest BCUT2D eigenvalue weighted by atomic mass is 16.4. The molecule has 2 rings (SSSR count). The third-order valence-corrected chi connectivity index (χ3v) is 3.35. The molecule has 0 aromatic heterocycles. The molecule has 0 aliphatic heterocycles. The van der Waals surface area contributed by atoms with Crippen molar-refractivity contribution < 1.29 is 29.7 Å². The molecule has 9 nitrogen and oxygen atoms in total. The van der Waals surface area contributed by atoms with Crippen molar-refractivity contribution in [3.8, 4) is 5.75 Å². The summed E-state index contributed by atoms with van der Waals surface area (Å²) in [6.45, 7) is 0.0441. The smallest absolute Gasteiger partial charge is 0.339 e. The molecule has 9 heteroatoms. The van der Waals surface area contributed by atoms with Gasteiger partial charge >= 0.3 is 11.9 Å². The van der Waals surface area contributed by atoms with Crippen molar-refractivity contribution in [3.63, 3.8) is 0 Å². The van der Waals surface area contributed by atoms with Gasteiger partial charge in [0.15, 0.2) is 0 Å². The Morgan fingerprint density at radius 3 is 2.12 bits per heavy atom. The molecule has 0 spiro atoms. The molecule has 0 unspecified atom stereocenters. The average molecular weight is 359 g/mol. The number of rotatable bonds is 8. The van der Waals surface area contributed by atoms with Crippen LogP contribution < -0.4 is 16.2 Å². The first-order valence-electron chi connectivity index (χ1n) is 7.55. The Morgan fingerprint density at radius 2 is 1.50 bits per heavy atom. The third-order valence-electron chi connectivity index (χ3n) is 3.35. The first kappa shape index (κ1) is 18.6. The molecule has 0 radical (unpaired) electrons. The Kier molecular flexibility index (Phi) is 5.99. The van der Waals surface area contributed by atoms with Crippen LogP contribution in [0.5, 0.6) is 5.75 Å². The molecule has 0 bridgehead atoms. The van der Waals surface area contributed by atoms with Crippen molar-refractivity contribution in [2.75, 3.05) is 17.4 Å². The summed E-state index contributed by atoms with van der Waals surface area (Å²) >= 11 is 0. The first-order valence-corrected chi connectivity index (χ1v) is 7.55. The highest BCUT2D eigenvalue weighted by molar-refractivity contribution is 5.94. The number of hydrogen-bond acceptors (Lipinski definition) is 6. The van der Waals surface area contributed by atoms with Gasteiger partial charge in [0.2, 0.25) is 0 Å². The predicted molar refractivity (Wildman–Crippen MR) is 93.3 cm³/mol. The van der Waals surface area contributed by atoms with Crippen LogP contribution in [0.4, 0.5) is 11.4 Å². The van der Waals surface area contributed by atoms with E-state index in [1.54, 1.807) is 24.3 Å². The van der Waals surface area contributed by atoms with Gasteiger partial charge in [0.05, 0.1) is 17.8 Å². The number of benzene rings is 2. The molecule has 2 aromatic rings. The van der Waals surface area contributed by atoms with Gasteiger partial charge in [0, 0.05) is 12.1 Å². The molecule has 6 N–H and O–H groups in total. The largest absolute Gasteiger partial charge is 0.507 e. The van der Waals surface area contributed by atoms with Crippen LogP contribution in [0.1, 0.15) is 27.1 Å². The minimum absolute atomic E-state index is 0.0441. The first-order chi connectivity index (χ1) is 12.4. The topological polar surface area (TPSA) is 148 Å². The number of carbonyl (C=O) groups excluding carboxylic acids is 1. The number of carboxylic acids is 2. The maximum Gasteiger partial charge on any atom is 0.339 e. The van der Waals surface area contributed by atoms with E-state index in [2.05, 4.69) is 16.2 Å². The second-order valence-corrected chi connectivity index (χ2v) is 5.26. The summed E-state index contributed by atoms with van der Waals surface area (Å²) in [5, 5.41) is 29.5. The van der Waals surface area contributed by atoms with Gasteiger partial charge in [0.25, 0.3) is 5.91 Å². The minimum atomic E-state index is -1.25. The zero-order chi connectivity index (χ0) is 19.1. The number of phenols is 1. The lowest BCUT2D eigenvalue weighted by atomic mass is 10.2. The van der Waals surface area contributed by atoms with E-state index in [4.69, 9.17) is 10.2 Å². The van der Waals surface area contributed by atoms with Crippen LogP contribution >= 0.6 is 0 Å². The van der Waals surface area contributed by atoms with E-state index >= 15 is 0 Å². The van der Waals surface area contributed by atoms with Crippen molar-refractivity contribution >= 4 is 29.2 Å². The molecule has 136 valence electrons. The van der Waals surface area contributed by atoms with Crippen molar-refractivity contribution in [2.24, 2.45) is 0 Å². The van der Waals surface area contributed by atoms with Gasteiger partial charge in [-0.05, 0) is 42.5 Å². The summed E-state index contributed by atoms with van der Waals surface area (Å²) in [6.07, 6.45) is -0.153. The monoisotopic (exact) mass is 359 g/mol. The molecule has 0 saturated heterocycles. The summed E-state index contributed by atoms with van der Waals surface area (Å²) in [7, 11) is 0. The predicted octanol–water partition coefficient (Wildman–Crippen LogP) is 1.73. The van der Waals surface area contributed by atoms with E-state index in [1.165, 1.54) is 18.2 Å². The van der Waals surface area contributed by atoms with Crippen LogP contribution in [0.2, 0.25) is 0 Å². The standard InChI is InChI=1S/C17H17N3O6/c21-14-6-5-12(9-13(14)17(25)26)20-19-11-3-1-10(2-4-11)16(24)18-8-7-15(22)23/h1-6,9,19-21H,7-8H2,(H,18,24)(H,22,23)(H,25,26). The number of carboxylic acid groups (broad SMARTS) is 2. The summed E-state index contributed by atoms with van der Waals surface area (Å²) in [5.41, 5.74) is 6.80. The number of hydrogen-bond donors (Lipinski definition) is 6. The molecular weight excluding hydrogens is 342 g/mol. The second-order valence-electron chi connectivity index (χ2n) is 5.26. The fraction of sp³-hybridized carbons (Fsp3) is 0.118. The summed E-state index contributed by atoms with van der Waals surface area (Å²) in [4.78, 5) is 33.2. The van der Waals surface area contributed by atoms with Crippen LogP contribution in [0.3, 0.4) is 0 Å². The van der Waals surface area contributed by atoms with Crippen LogP contribution in [0, 0.1) is 0 Å². The zero-order valence-electron chi connectivity index (χ0n) is 13.5. The summed E-state index contributed by atoms with van der Waals surface area (Å²) < 4.78 is 0. The molecule has 2 aromatic carbocycles. The highest BCUT2D eigenvalue weighted by Crippen LogP contribution is 2.21. The number of aromatic carboxylic acids is 1. The molecule has 0 heterocycles. The highest BCUT2D eigenvalue weighted by Gasteiger charge is 2.10. The van der Waals surface area contributed by atoms with Crippen LogP contribution in [-0.2, 0) is 4.79 Å². The average Bonchev–Trinajstić information content (AvgIpc) is 2.60. The lowest BCUT2D eigenvalue weighted by molar-refractivity contribution is -0.136. The summed E-state index contributed by atoms with van der Waals surface area (Å²) in [5.74, 6) is -2.95. The van der Waals surface area contributed by atoms with Crippen molar-refractivity contribution in [1.82, 2.24) is 5.32 Å². The van der Waals surface area contributed by atoms with Crippen molar-refractivity contribution in [2.45, 2.75) is 6.42 Å². The molecule has 0 aliphatic carbocycles. The molecule has 26 heavy (non-hydrogen) atoms. The maximum absolute atomic E-state index is 11.8. The van der Waals surface area contributed by atoms with E-state index in [9.17, 15) is 19.5 Å². The number of aliphatic carboxylic acids is 1. The maximum atomic E-state index is 11.8. The Hall–Kier alpha value is -3.75. The molecule has 1 amide bonds. The molecule has 0 saturated carbocycles. The van der Waals surface area contributed by atoms with E-state index in [0.29, 0.717) is 16.9 Å². The van der Waals surface area contributed by atoms with E-state index in [-0.39, 0.29) is 30.2 Å². The van der Waals surface area contributed by atoms with Gasteiger partial charge in [-0.3, -0.25) is 9.59 Å². The van der Waals surface area contributed by atoms with E-state index < -0.39 is 11.9 Å². The normalized spacial score (nSPS) is 10.0. The third kappa shape index (κ3) is 5.13. The minimum Gasteiger partial charge on any atom is -0.507 e. The quantitative estimate of drug-likeness (QED) is 0.308. The van der Waals surface area contributed by atoms with Gasteiger partial charge in [-0.1, -0.05) is 0 Å². The fourth-order valence-electron chi connectivity index (χ4n) is 2.02. The van der Waals surface area contributed by atoms with Crippen molar-refractivity contribution in [3.05, 3.63) is 53.6 Å². The lowest BCUT2D eigenvalue weighted by Crippen LogP contribution is -2.25. The van der Waals surface area contributed by atoms with Gasteiger partial charge in [-0.25, -0.2) is 4.79 Å². The van der Waals surface area contributed by atoms with Gasteiger partial charge in [-0.2, -0.15) is 0 Å².